The van der Waals surface area contributed by atoms with E-state index in [9.17, 15) is 22.8 Å². The third kappa shape index (κ3) is 4.90. The molecule has 0 aliphatic carbocycles. The van der Waals surface area contributed by atoms with Crippen LogP contribution in [0.4, 0.5) is 18.0 Å². The standard InChI is InChI=1S/C16H19F3N4O2S/c1-3-7-23-12-9-10(16(17,18)19)4-5-11(12)21-15(23)26-8-6-13(24)22-14(25)20-2/h4-5,9H,3,6-8H2,1-2H3,(H2,20,22,24,25). The van der Waals surface area contributed by atoms with E-state index >= 15 is 0 Å². The van der Waals surface area contributed by atoms with Gasteiger partial charge in [-0.25, -0.2) is 9.78 Å². The highest BCUT2D eigenvalue weighted by Crippen LogP contribution is 2.33. The molecule has 0 saturated heterocycles. The van der Waals surface area contributed by atoms with Gasteiger partial charge < -0.3 is 9.88 Å². The van der Waals surface area contributed by atoms with Crippen LogP contribution in [0.2, 0.25) is 0 Å². The Kier molecular flexibility index (Phi) is 6.52. The van der Waals surface area contributed by atoms with E-state index in [0.29, 0.717) is 28.5 Å². The maximum absolute atomic E-state index is 13.0. The van der Waals surface area contributed by atoms with Crippen LogP contribution in [0, 0.1) is 0 Å². The zero-order valence-corrected chi connectivity index (χ0v) is 15.1. The van der Waals surface area contributed by atoms with Crippen molar-refractivity contribution in [1.82, 2.24) is 20.2 Å². The number of benzene rings is 1. The van der Waals surface area contributed by atoms with Gasteiger partial charge in [0.25, 0.3) is 0 Å². The lowest BCUT2D eigenvalue weighted by Crippen LogP contribution is -2.37. The molecule has 2 N–H and O–H groups in total. The van der Waals surface area contributed by atoms with Gasteiger partial charge in [0.2, 0.25) is 5.91 Å². The number of halogens is 3. The Hall–Kier alpha value is -2.23. The number of fused-ring (bicyclic) bond motifs is 1. The van der Waals surface area contributed by atoms with E-state index in [0.717, 1.165) is 18.6 Å². The number of imidazole rings is 1. The van der Waals surface area contributed by atoms with Gasteiger partial charge in [-0.3, -0.25) is 10.1 Å². The Morgan fingerprint density at radius 2 is 2.04 bits per heavy atom. The summed E-state index contributed by atoms with van der Waals surface area (Å²) in [5.74, 6) is -0.0866. The van der Waals surface area contributed by atoms with Crippen LogP contribution in [0.15, 0.2) is 23.4 Å². The van der Waals surface area contributed by atoms with Crippen molar-refractivity contribution in [3.05, 3.63) is 23.8 Å². The number of aromatic nitrogens is 2. The Labute approximate surface area is 152 Å². The summed E-state index contributed by atoms with van der Waals surface area (Å²) in [6, 6.07) is 2.88. The van der Waals surface area contributed by atoms with Gasteiger partial charge in [-0.15, -0.1) is 0 Å². The quantitative estimate of drug-likeness (QED) is 0.744. The van der Waals surface area contributed by atoms with Crippen molar-refractivity contribution >= 4 is 34.7 Å². The number of hydrogen-bond donors (Lipinski definition) is 2. The van der Waals surface area contributed by atoms with Crippen molar-refractivity contribution < 1.29 is 22.8 Å². The second kappa shape index (κ2) is 8.43. The number of hydrogen-bond acceptors (Lipinski definition) is 4. The first kappa shape index (κ1) is 20.1. The van der Waals surface area contributed by atoms with Gasteiger partial charge in [0, 0.05) is 25.8 Å². The molecule has 0 atom stereocenters. The van der Waals surface area contributed by atoms with Crippen molar-refractivity contribution in [2.75, 3.05) is 12.8 Å². The number of urea groups is 1. The fourth-order valence-corrected chi connectivity index (χ4v) is 3.29. The van der Waals surface area contributed by atoms with Gasteiger partial charge in [-0.1, -0.05) is 18.7 Å². The lowest BCUT2D eigenvalue weighted by molar-refractivity contribution is -0.137. The number of thioether (sulfide) groups is 1. The van der Waals surface area contributed by atoms with Crippen LogP contribution in [-0.4, -0.2) is 34.3 Å². The molecule has 2 rings (SSSR count). The molecule has 0 radical (unpaired) electrons. The maximum atomic E-state index is 13.0. The van der Waals surface area contributed by atoms with Crippen molar-refractivity contribution in [2.45, 2.75) is 37.6 Å². The molecule has 0 spiro atoms. The first-order valence-corrected chi connectivity index (χ1v) is 8.96. The van der Waals surface area contributed by atoms with Crippen molar-refractivity contribution in [2.24, 2.45) is 0 Å². The summed E-state index contributed by atoms with van der Waals surface area (Å²) in [6.07, 6.45) is -3.60. The number of aryl methyl sites for hydroxylation is 1. The van der Waals surface area contributed by atoms with Crippen LogP contribution in [0.25, 0.3) is 11.0 Å². The third-order valence-corrected chi connectivity index (χ3v) is 4.51. The highest BCUT2D eigenvalue weighted by Gasteiger charge is 2.31. The summed E-state index contributed by atoms with van der Waals surface area (Å²) in [6.45, 7) is 2.44. The minimum atomic E-state index is -4.42. The molecule has 0 fully saturated rings. The van der Waals surface area contributed by atoms with Gasteiger partial charge in [-0.2, -0.15) is 13.2 Å². The predicted molar refractivity (Wildman–Crippen MR) is 93.0 cm³/mol. The van der Waals surface area contributed by atoms with Crippen LogP contribution >= 0.6 is 11.8 Å². The smallest absolute Gasteiger partial charge is 0.341 e. The monoisotopic (exact) mass is 388 g/mol. The summed E-state index contributed by atoms with van der Waals surface area (Å²) in [7, 11) is 1.40. The number of rotatable bonds is 6. The average molecular weight is 388 g/mol. The minimum Gasteiger partial charge on any atom is -0.341 e. The van der Waals surface area contributed by atoms with Crippen LogP contribution < -0.4 is 10.6 Å². The van der Waals surface area contributed by atoms with Gasteiger partial charge in [-0.05, 0) is 24.6 Å². The Morgan fingerprint density at radius 1 is 1.31 bits per heavy atom. The number of carbonyl (C=O) groups is 2. The van der Waals surface area contributed by atoms with E-state index in [-0.39, 0.29) is 6.42 Å². The molecule has 3 amide bonds. The summed E-state index contributed by atoms with van der Waals surface area (Å²) in [5.41, 5.74) is 0.173. The zero-order chi connectivity index (χ0) is 19.3. The fourth-order valence-electron chi connectivity index (χ4n) is 2.31. The summed E-state index contributed by atoms with van der Waals surface area (Å²) in [4.78, 5) is 27.0. The summed E-state index contributed by atoms with van der Waals surface area (Å²) < 4.78 is 40.6. The molecule has 0 saturated carbocycles. The SMILES string of the molecule is CCCn1c(SCCC(=O)NC(=O)NC)nc2ccc(C(F)(F)F)cc21. The molecule has 6 nitrogen and oxygen atoms in total. The predicted octanol–water partition coefficient (Wildman–Crippen LogP) is 3.40. The molecule has 0 unspecified atom stereocenters. The molecular formula is C16H19F3N4O2S. The lowest BCUT2D eigenvalue weighted by atomic mass is 10.2. The molecule has 0 aliphatic heterocycles. The van der Waals surface area contributed by atoms with E-state index in [4.69, 9.17) is 0 Å². The summed E-state index contributed by atoms with van der Waals surface area (Å²) >= 11 is 1.27. The van der Waals surface area contributed by atoms with Gasteiger partial charge in [0.05, 0.1) is 16.6 Å². The van der Waals surface area contributed by atoms with Gasteiger partial charge in [0.15, 0.2) is 5.16 Å². The molecule has 0 bridgehead atoms. The second-order valence-corrected chi connectivity index (χ2v) is 6.54. The number of amides is 3. The van der Waals surface area contributed by atoms with E-state index in [1.54, 1.807) is 4.57 Å². The molecule has 0 aliphatic rings. The summed E-state index contributed by atoms with van der Waals surface area (Å²) in [5, 5.41) is 4.98. The van der Waals surface area contributed by atoms with Crippen LogP contribution in [0.3, 0.4) is 0 Å². The molecule has 142 valence electrons. The van der Waals surface area contributed by atoms with Crippen LogP contribution in [0.5, 0.6) is 0 Å². The molecule has 10 heteroatoms. The van der Waals surface area contributed by atoms with E-state index in [1.807, 2.05) is 6.92 Å². The largest absolute Gasteiger partial charge is 0.416 e. The topological polar surface area (TPSA) is 76.0 Å². The van der Waals surface area contributed by atoms with Crippen molar-refractivity contribution in [1.29, 1.82) is 0 Å². The van der Waals surface area contributed by atoms with E-state index in [1.165, 1.54) is 24.9 Å². The second-order valence-electron chi connectivity index (χ2n) is 5.47. The van der Waals surface area contributed by atoms with E-state index < -0.39 is 23.7 Å². The number of carbonyl (C=O) groups excluding carboxylic acids is 2. The van der Waals surface area contributed by atoms with Gasteiger partial charge in [0.1, 0.15) is 0 Å². The first-order valence-electron chi connectivity index (χ1n) is 7.98. The normalized spacial score (nSPS) is 11.6. The first-order chi connectivity index (χ1) is 12.3. The number of imide groups is 1. The molecule has 1 aromatic carbocycles. The van der Waals surface area contributed by atoms with E-state index in [2.05, 4.69) is 15.6 Å². The number of nitrogens with one attached hydrogen (secondary N) is 2. The molecule has 26 heavy (non-hydrogen) atoms. The molecule has 1 aromatic heterocycles. The lowest BCUT2D eigenvalue weighted by Gasteiger charge is -2.09. The Morgan fingerprint density at radius 3 is 2.65 bits per heavy atom. The van der Waals surface area contributed by atoms with Crippen molar-refractivity contribution in [3.63, 3.8) is 0 Å². The van der Waals surface area contributed by atoms with Crippen LogP contribution in [0.1, 0.15) is 25.3 Å². The molecular weight excluding hydrogens is 369 g/mol. The zero-order valence-electron chi connectivity index (χ0n) is 14.3. The highest BCUT2D eigenvalue weighted by molar-refractivity contribution is 7.99. The minimum absolute atomic E-state index is 0.0845. The maximum Gasteiger partial charge on any atom is 0.416 e. The number of alkyl halides is 3. The fraction of sp³-hybridized carbons (Fsp3) is 0.438. The van der Waals surface area contributed by atoms with Crippen LogP contribution in [-0.2, 0) is 17.5 Å². The third-order valence-electron chi connectivity index (χ3n) is 3.53. The molecule has 2 aromatic rings. The van der Waals surface area contributed by atoms with Crippen molar-refractivity contribution in [3.8, 4) is 0 Å². The average Bonchev–Trinajstić information content (AvgIpc) is 2.91. The number of nitrogens with zero attached hydrogens (tertiary/aromatic N) is 2. The molecule has 1 heterocycles. The Balaban J connectivity index is 2.17. The Bertz CT molecular complexity index is 805. The van der Waals surface area contributed by atoms with Gasteiger partial charge >= 0.3 is 12.2 Å². The highest BCUT2D eigenvalue weighted by atomic mass is 32.2.